The van der Waals surface area contributed by atoms with Crippen molar-refractivity contribution in [2.45, 2.75) is 35.9 Å². The van der Waals surface area contributed by atoms with Gasteiger partial charge in [-0.3, -0.25) is 4.79 Å². The van der Waals surface area contributed by atoms with Gasteiger partial charge < -0.3 is 14.7 Å². The van der Waals surface area contributed by atoms with E-state index in [1.807, 2.05) is 30.3 Å². The van der Waals surface area contributed by atoms with E-state index >= 15 is 0 Å². The lowest BCUT2D eigenvalue weighted by Gasteiger charge is -2.38. The first-order chi connectivity index (χ1) is 16.2. The summed E-state index contributed by atoms with van der Waals surface area (Å²) in [7, 11) is 0. The summed E-state index contributed by atoms with van der Waals surface area (Å²) in [4.78, 5) is 15.3. The van der Waals surface area contributed by atoms with Crippen molar-refractivity contribution in [2.75, 3.05) is 17.8 Å². The third-order valence-electron chi connectivity index (χ3n) is 5.96. The van der Waals surface area contributed by atoms with E-state index in [0.717, 1.165) is 23.4 Å². The van der Waals surface area contributed by atoms with E-state index in [1.54, 1.807) is 29.2 Å². The lowest BCUT2D eigenvalue weighted by molar-refractivity contribution is -0.137. The Balaban J connectivity index is 1.28. The summed E-state index contributed by atoms with van der Waals surface area (Å²) in [5, 5.41) is 10.9. The van der Waals surface area contributed by atoms with Crippen LogP contribution in [-0.4, -0.2) is 34.6 Å². The third kappa shape index (κ3) is 6.12. The number of piperidine rings is 1. The number of carbonyl (C=O) groups is 1. The smallest absolute Gasteiger partial charge is 0.389 e. The number of hydrogen-bond acceptors (Lipinski definition) is 4. The summed E-state index contributed by atoms with van der Waals surface area (Å²) in [6.45, 7) is 0.984. The zero-order valence-corrected chi connectivity index (χ0v) is 19.2. The molecule has 0 unspecified atom stereocenters. The molecule has 4 rings (SSSR count). The van der Waals surface area contributed by atoms with Crippen LogP contribution in [0.4, 0.5) is 18.9 Å². The molecule has 178 valence electrons. The molecule has 0 bridgehead atoms. The Kier molecular flexibility index (Phi) is 7.19. The minimum absolute atomic E-state index is 0.0799. The first-order valence-electron chi connectivity index (χ1n) is 11.0. The van der Waals surface area contributed by atoms with E-state index in [1.165, 1.54) is 24.1 Å². The van der Waals surface area contributed by atoms with Gasteiger partial charge in [0, 0.05) is 35.7 Å². The van der Waals surface area contributed by atoms with Crippen molar-refractivity contribution >= 4 is 23.5 Å². The van der Waals surface area contributed by atoms with Gasteiger partial charge in [0.15, 0.2) is 0 Å². The van der Waals surface area contributed by atoms with Crippen LogP contribution >= 0.6 is 11.9 Å². The van der Waals surface area contributed by atoms with Crippen LogP contribution in [-0.2, 0) is 12.6 Å². The van der Waals surface area contributed by atoms with Crippen LogP contribution in [0.2, 0.25) is 0 Å². The minimum atomic E-state index is -4.35. The number of rotatable bonds is 6. The largest absolute Gasteiger partial charge is 0.416 e. The van der Waals surface area contributed by atoms with Crippen LogP contribution in [0.3, 0.4) is 0 Å². The Bertz CT molecular complexity index is 1100. The fourth-order valence-electron chi connectivity index (χ4n) is 3.97. The lowest BCUT2D eigenvalue weighted by Crippen LogP contribution is -2.47. The molecule has 0 aliphatic carbocycles. The molecule has 3 aromatic carbocycles. The molecule has 1 fully saturated rings. The second kappa shape index (κ2) is 10.1. The average molecular weight is 487 g/mol. The second-order valence-electron chi connectivity index (χ2n) is 8.48. The van der Waals surface area contributed by atoms with Gasteiger partial charge in [-0.25, -0.2) is 0 Å². The molecule has 1 aliphatic heterocycles. The van der Waals surface area contributed by atoms with Gasteiger partial charge in [0.25, 0.3) is 5.91 Å². The number of hydrogen-bond donors (Lipinski definition) is 2. The van der Waals surface area contributed by atoms with Crippen LogP contribution in [0.5, 0.6) is 0 Å². The predicted molar refractivity (Wildman–Crippen MR) is 128 cm³/mol. The summed E-state index contributed by atoms with van der Waals surface area (Å²) in [5.41, 5.74) is 0.885. The monoisotopic (exact) mass is 486 g/mol. The molecule has 0 spiro atoms. The number of carbonyl (C=O) groups excluding carboxylic acids is 1. The fraction of sp³-hybridized carbons (Fsp3) is 0.269. The standard InChI is InChI=1S/C26H25F3N2O2S/c27-26(28,29)21-8-12-23(13-9-21)34-30-22-10-6-20(7-11-22)24(32)31-16-14-25(33,15-17-31)18-19-4-2-1-3-5-19/h1-13,30,33H,14-18H2. The first kappa shape index (κ1) is 24.2. The van der Waals surface area contributed by atoms with Crippen molar-refractivity contribution in [2.24, 2.45) is 0 Å². The Morgan fingerprint density at radius 3 is 2.15 bits per heavy atom. The van der Waals surface area contributed by atoms with Crippen molar-refractivity contribution in [1.82, 2.24) is 4.90 Å². The molecule has 1 aliphatic rings. The quantitative estimate of drug-likeness (QED) is 0.418. The fourth-order valence-corrected chi connectivity index (χ4v) is 4.62. The molecule has 3 aromatic rings. The number of anilines is 1. The van der Waals surface area contributed by atoms with Crippen LogP contribution in [0, 0.1) is 0 Å². The van der Waals surface area contributed by atoms with E-state index in [9.17, 15) is 23.1 Å². The molecule has 4 nitrogen and oxygen atoms in total. The van der Waals surface area contributed by atoms with E-state index in [4.69, 9.17) is 0 Å². The molecule has 0 atom stereocenters. The van der Waals surface area contributed by atoms with E-state index in [0.29, 0.717) is 42.8 Å². The number of amides is 1. The summed E-state index contributed by atoms with van der Waals surface area (Å²) >= 11 is 1.20. The maximum atomic E-state index is 12.9. The van der Waals surface area contributed by atoms with E-state index in [-0.39, 0.29) is 5.91 Å². The van der Waals surface area contributed by atoms with Gasteiger partial charge in [-0.05, 0) is 78.9 Å². The van der Waals surface area contributed by atoms with Gasteiger partial charge in [0.1, 0.15) is 0 Å². The molecule has 0 radical (unpaired) electrons. The molecule has 34 heavy (non-hydrogen) atoms. The highest BCUT2D eigenvalue weighted by Gasteiger charge is 2.34. The lowest BCUT2D eigenvalue weighted by atomic mass is 9.85. The maximum Gasteiger partial charge on any atom is 0.416 e. The summed E-state index contributed by atoms with van der Waals surface area (Å²) in [6.07, 6.45) is -2.73. The van der Waals surface area contributed by atoms with Crippen molar-refractivity contribution in [3.05, 3.63) is 95.6 Å². The summed E-state index contributed by atoms with van der Waals surface area (Å²) in [6, 6.07) is 21.8. The van der Waals surface area contributed by atoms with Gasteiger partial charge in [-0.1, -0.05) is 30.3 Å². The second-order valence-corrected chi connectivity index (χ2v) is 9.36. The SMILES string of the molecule is O=C(c1ccc(NSc2ccc(C(F)(F)F)cc2)cc1)N1CCC(O)(Cc2ccccc2)CC1. The zero-order chi connectivity index (χ0) is 24.2. The number of halogens is 3. The highest BCUT2D eigenvalue weighted by atomic mass is 32.2. The molecule has 1 saturated heterocycles. The van der Waals surface area contributed by atoms with Crippen LogP contribution in [0.25, 0.3) is 0 Å². The Morgan fingerprint density at radius 2 is 1.56 bits per heavy atom. The highest BCUT2D eigenvalue weighted by Crippen LogP contribution is 2.31. The molecule has 1 heterocycles. The summed E-state index contributed by atoms with van der Waals surface area (Å²) in [5.74, 6) is -0.0799. The van der Waals surface area contributed by atoms with E-state index < -0.39 is 17.3 Å². The Morgan fingerprint density at radius 1 is 0.941 bits per heavy atom. The maximum absolute atomic E-state index is 12.9. The molecule has 2 N–H and O–H groups in total. The molecule has 0 saturated carbocycles. The number of benzene rings is 3. The number of likely N-dealkylation sites (tertiary alicyclic amines) is 1. The third-order valence-corrected chi connectivity index (χ3v) is 6.80. The van der Waals surface area contributed by atoms with Crippen molar-refractivity contribution in [3.63, 3.8) is 0 Å². The highest BCUT2D eigenvalue weighted by molar-refractivity contribution is 8.00. The molecule has 0 aromatic heterocycles. The summed E-state index contributed by atoms with van der Waals surface area (Å²) < 4.78 is 41.1. The molecular weight excluding hydrogens is 461 g/mol. The number of aliphatic hydroxyl groups is 1. The average Bonchev–Trinajstić information content (AvgIpc) is 2.83. The van der Waals surface area contributed by atoms with E-state index in [2.05, 4.69) is 4.72 Å². The number of alkyl halides is 3. The first-order valence-corrected chi connectivity index (χ1v) is 11.8. The number of nitrogens with zero attached hydrogens (tertiary/aromatic N) is 1. The predicted octanol–water partition coefficient (Wildman–Crippen LogP) is 6.03. The van der Waals surface area contributed by atoms with Gasteiger partial charge in [-0.2, -0.15) is 13.2 Å². The van der Waals surface area contributed by atoms with Crippen LogP contribution in [0.1, 0.15) is 34.3 Å². The number of nitrogens with one attached hydrogen (secondary N) is 1. The molecular formula is C26H25F3N2O2S. The van der Waals surface area contributed by atoms with Crippen LogP contribution in [0.15, 0.2) is 83.8 Å². The van der Waals surface area contributed by atoms with Crippen LogP contribution < -0.4 is 4.72 Å². The van der Waals surface area contributed by atoms with Gasteiger partial charge in [0.05, 0.1) is 11.2 Å². The molecule has 8 heteroatoms. The Hall–Kier alpha value is -2.97. The zero-order valence-electron chi connectivity index (χ0n) is 18.4. The van der Waals surface area contributed by atoms with Gasteiger partial charge in [-0.15, -0.1) is 0 Å². The minimum Gasteiger partial charge on any atom is -0.389 e. The molecule has 1 amide bonds. The van der Waals surface area contributed by atoms with Gasteiger partial charge in [0.2, 0.25) is 0 Å². The normalized spacial score (nSPS) is 15.7. The van der Waals surface area contributed by atoms with Crippen molar-refractivity contribution in [1.29, 1.82) is 0 Å². The van der Waals surface area contributed by atoms with Gasteiger partial charge >= 0.3 is 6.18 Å². The Labute approximate surface area is 200 Å². The van der Waals surface area contributed by atoms with Crippen molar-refractivity contribution < 1.29 is 23.1 Å². The topological polar surface area (TPSA) is 52.6 Å². The van der Waals surface area contributed by atoms with Crippen molar-refractivity contribution in [3.8, 4) is 0 Å².